The van der Waals surface area contributed by atoms with Gasteiger partial charge < -0.3 is 0 Å². The van der Waals surface area contributed by atoms with Gasteiger partial charge in [0, 0.05) is 0 Å². The molecule has 0 atom stereocenters. The summed E-state index contributed by atoms with van der Waals surface area (Å²) in [7, 11) is 0. The summed E-state index contributed by atoms with van der Waals surface area (Å²) in [5, 5.41) is 0. The Hall–Kier alpha value is -7.28. The number of hydrogen-bond acceptors (Lipinski definition) is 0. The van der Waals surface area contributed by atoms with Gasteiger partial charge in [-0.05, 0) is 66.8 Å². The molecule has 7 aromatic carbocycles. The zero-order chi connectivity index (χ0) is 38.0. The SMILES string of the molecule is C(=Cc1ccccc1)C(C=Cc1ccccc1)=C(C=Cc1ccccc1)c1ccc(C=Cc2ccccc2)c(C=Cc2ccccc2)c1C=Cc1ccccc1. The molecule has 0 aliphatic carbocycles. The first-order valence-corrected chi connectivity index (χ1v) is 19.1. The molecule has 0 saturated heterocycles. The van der Waals surface area contributed by atoms with Crippen LogP contribution in [0.2, 0.25) is 0 Å². The van der Waals surface area contributed by atoms with E-state index in [1.807, 2.05) is 0 Å². The van der Waals surface area contributed by atoms with Gasteiger partial charge in [-0.15, -0.1) is 0 Å². The minimum Gasteiger partial charge on any atom is -0.0622 e. The molecular weight excluding hydrogens is 673 g/mol. The van der Waals surface area contributed by atoms with Gasteiger partial charge in [0.2, 0.25) is 0 Å². The zero-order valence-corrected chi connectivity index (χ0v) is 31.4. The second-order valence-electron chi connectivity index (χ2n) is 13.4. The molecule has 0 aliphatic heterocycles. The minimum atomic E-state index is 1.09. The number of allylic oxidation sites excluding steroid dienone is 5. The van der Waals surface area contributed by atoms with E-state index in [0.717, 1.165) is 66.8 Å². The highest BCUT2D eigenvalue weighted by Gasteiger charge is 2.14. The fourth-order valence-electron chi connectivity index (χ4n) is 6.46. The van der Waals surface area contributed by atoms with Crippen LogP contribution in [0.15, 0.2) is 218 Å². The van der Waals surface area contributed by atoms with Crippen LogP contribution in [0, 0.1) is 0 Å². The van der Waals surface area contributed by atoms with Crippen molar-refractivity contribution in [1.29, 1.82) is 0 Å². The maximum absolute atomic E-state index is 2.28. The first-order chi connectivity index (χ1) is 27.8. The maximum atomic E-state index is 2.28. The van der Waals surface area contributed by atoms with Crippen LogP contribution in [0.1, 0.15) is 55.6 Å². The molecule has 0 amide bonds. The normalized spacial score (nSPS) is 11.9. The lowest BCUT2D eigenvalue weighted by atomic mass is 9.87. The number of rotatable bonds is 13. The highest BCUT2D eigenvalue weighted by Crippen LogP contribution is 2.34. The van der Waals surface area contributed by atoms with Gasteiger partial charge >= 0.3 is 0 Å². The Labute approximate surface area is 332 Å². The second-order valence-corrected chi connectivity index (χ2v) is 13.4. The summed E-state index contributed by atoms with van der Waals surface area (Å²) in [6, 6.07) is 67.6. The van der Waals surface area contributed by atoms with Crippen molar-refractivity contribution in [2.24, 2.45) is 0 Å². The first kappa shape index (κ1) is 37.1. The summed E-state index contributed by atoms with van der Waals surface area (Å²) in [4.78, 5) is 0. The summed E-state index contributed by atoms with van der Waals surface area (Å²) in [6.45, 7) is 0. The summed E-state index contributed by atoms with van der Waals surface area (Å²) < 4.78 is 0. The van der Waals surface area contributed by atoms with Gasteiger partial charge in [-0.1, -0.05) is 267 Å². The van der Waals surface area contributed by atoms with Gasteiger partial charge in [0.1, 0.15) is 0 Å². The van der Waals surface area contributed by atoms with Crippen LogP contribution in [0.5, 0.6) is 0 Å². The van der Waals surface area contributed by atoms with Gasteiger partial charge in [-0.2, -0.15) is 0 Å². The zero-order valence-electron chi connectivity index (χ0n) is 31.4. The summed E-state index contributed by atoms with van der Waals surface area (Å²) >= 11 is 0. The highest BCUT2D eigenvalue weighted by atomic mass is 14.2. The van der Waals surface area contributed by atoms with Crippen molar-refractivity contribution in [3.05, 3.63) is 274 Å². The van der Waals surface area contributed by atoms with Crippen molar-refractivity contribution in [3.63, 3.8) is 0 Å². The van der Waals surface area contributed by atoms with E-state index in [1.54, 1.807) is 0 Å². The average Bonchev–Trinajstić information content (AvgIpc) is 3.27. The monoisotopic (exact) mass is 716 g/mol. The summed E-state index contributed by atoms with van der Waals surface area (Å²) in [5.41, 5.74) is 13.6. The van der Waals surface area contributed by atoms with E-state index in [2.05, 4.69) is 267 Å². The Bertz CT molecular complexity index is 2440. The lowest BCUT2D eigenvalue weighted by Gasteiger charge is -2.17. The third-order valence-electron chi connectivity index (χ3n) is 9.41. The lowest BCUT2D eigenvalue weighted by molar-refractivity contribution is 1.50. The van der Waals surface area contributed by atoms with Crippen LogP contribution < -0.4 is 0 Å². The Morgan fingerprint density at radius 1 is 0.250 bits per heavy atom. The molecule has 0 unspecified atom stereocenters. The van der Waals surface area contributed by atoms with Gasteiger partial charge in [0.25, 0.3) is 0 Å². The predicted octanol–water partition coefficient (Wildman–Crippen LogP) is 15.1. The van der Waals surface area contributed by atoms with Gasteiger partial charge in [-0.3, -0.25) is 0 Å². The van der Waals surface area contributed by atoms with Crippen molar-refractivity contribution in [2.45, 2.75) is 0 Å². The standard InChI is InChI=1S/C56H44/c1-7-19-45(20-8-1)31-37-51(38-32-46-21-9-2-10-22-46)53(41-34-48-25-13-4-14-26-48)56-44-40-52(39-33-47-23-11-3-12-24-47)54(42-35-49-27-15-5-16-28-49)55(56)43-36-50-29-17-6-18-30-50/h1-44H. The van der Waals surface area contributed by atoms with E-state index in [0.29, 0.717) is 0 Å². The smallest absolute Gasteiger partial charge is 0.00990 e. The summed E-state index contributed by atoms with van der Waals surface area (Å²) in [6.07, 6.45) is 26.8. The van der Waals surface area contributed by atoms with E-state index >= 15 is 0 Å². The Balaban J connectivity index is 1.51. The maximum Gasteiger partial charge on any atom is -0.00990 e. The topological polar surface area (TPSA) is 0 Å². The Morgan fingerprint density at radius 3 is 0.964 bits per heavy atom. The molecule has 0 spiro atoms. The second kappa shape index (κ2) is 19.7. The molecule has 0 radical (unpaired) electrons. The third kappa shape index (κ3) is 10.7. The lowest BCUT2D eigenvalue weighted by Crippen LogP contribution is -1.97. The van der Waals surface area contributed by atoms with E-state index in [1.165, 1.54) is 0 Å². The van der Waals surface area contributed by atoms with Crippen LogP contribution >= 0.6 is 0 Å². The van der Waals surface area contributed by atoms with Crippen molar-refractivity contribution < 1.29 is 0 Å². The molecule has 0 saturated carbocycles. The molecule has 0 heterocycles. The highest BCUT2D eigenvalue weighted by molar-refractivity contribution is 5.95. The van der Waals surface area contributed by atoms with Crippen LogP contribution in [-0.4, -0.2) is 0 Å². The molecular formula is C56H44. The molecule has 0 aromatic heterocycles. The van der Waals surface area contributed by atoms with Crippen LogP contribution in [-0.2, 0) is 0 Å². The van der Waals surface area contributed by atoms with Crippen molar-refractivity contribution >= 4 is 60.3 Å². The predicted molar refractivity (Wildman–Crippen MR) is 246 cm³/mol. The Morgan fingerprint density at radius 2 is 0.571 bits per heavy atom. The molecule has 0 heteroatoms. The van der Waals surface area contributed by atoms with Crippen LogP contribution in [0.3, 0.4) is 0 Å². The van der Waals surface area contributed by atoms with Gasteiger partial charge in [0.05, 0.1) is 0 Å². The quantitative estimate of drug-likeness (QED) is 0.0823. The molecule has 0 fully saturated rings. The molecule has 56 heavy (non-hydrogen) atoms. The third-order valence-corrected chi connectivity index (χ3v) is 9.41. The molecule has 0 aliphatic rings. The minimum absolute atomic E-state index is 1.09. The summed E-state index contributed by atoms with van der Waals surface area (Å²) in [5.74, 6) is 0. The van der Waals surface area contributed by atoms with Crippen molar-refractivity contribution in [2.75, 3.05) is 0 Å². The van der Waals surface area contributed by atoms with Crippen LogP contribution in [0.4, 0.5) is 0 Å². The number of benzene rings is 7. The average molecular weight is 717 g/mol. The fraction of sp³-hybridized carbons (Fsp3) is 0. The molecule has 0 nitrogen and oxygen atoms in total. The van der Waals surface area contributed by atoms with E-state index < -0.39 is 0 Å². The molecule has 0 bridgehead atoms. The molecule has 268 valence electrons. The van der Waals surface area contributed by atoms with Crippen LogP contribution in [0.25, 0.3) is 60.3 Å². The van der Waals surface area contributed by atoms with Gasteiger partial charge in [0.15, 0.2) is 0 Å². The first-order valence-electron chi connectivity index (χ1n) is 19.1. The van der Waals surface area contributed by atoms with Gasteiger partial charge in [-0.25, -0.2) is 0 Å². The Kier molecular flexibility index (Phi) is 13.0. The molecule has 0 N–H and O–H groups in total. The van der Waals surface area contributed by atoms with Crippen molar-refractivity contribution in [3.8, 4) is 0 Å². The fourth-order valence-corrected chi connectivity index (χ4v) is 6.46. The van der Waals surface area contributed by atoms with E-state index in [9.17, 15) is 0 Å². The van der Waals surface area contributed by atoms with E-state index in [-0.39, 0.29) is 0 Å². The molecule has 7 rings (SSSR count). The number of hydrogen-bond donors (Lipinski definition) is 0. The van der Waals surface area contributed by atoms with Crippen molar-refractivity contribution in [1.82, 2.24) is 0 Å². The van der Waals surface area contributed by atoms with E-state index in [4.69, 9.17) is 0 Å². The largest absolute Gasteiger partial charge is 0.0622 e. The molecule has 7 aromatic rings.